The molecule has 0 aliphatic carbocycles. The lowest BCUT2D eigenvalue weighted by molar-refractivity contribution is 0.359. The summed E-state index contributed by atoms with van der Waals surface area (Å²) < 4.78 is 5.36. The van der Waals surface area contributed by atoms with Crippen molar-refractivity contribution in [3.63, 3.8) is 0 Å². The lowest BCUT2D eigenvalue weighted by atomic mass is 10.1. The second kappa shape index (κ2) is 4.30. The standard InChI is InChI=1S/C13H15N3O/c1-9-4-2-3-5-11(9)12-15-13(17-16-12)10-6-7-14-8-10/h2-5,10,14H,6-8H2,1H3/t10-/m0/s1. The van der Waals surface area contributed by atoms with Crippen molar-refractivity contribution in [2.45, 2.75) is 19.3 Å². The molecule has 0 bridgehead atoms. The predicted octanol–water partition coefficient (Wildman–Crippen LogP) is 2.12. The minimum atomic E-state index is 0.375. The maximum Gasteiger partial charge on any atom is 0.231 e. The highest BCUT2D eigenvalue weighted by atomic mass is 16.5. The summed E-state index contributed by atoms with van der Waals surface area (Å²) >= 11 is 0. The van der Waals surface area contributed by atoms with Crippen LogP contribution in [-0.2, 0) is 0 Å². The van der Waals surface area contributed by atoms with Gasteiger partial charge in [0.2, 0.25) is 11.7 Å². The van der Waals surface area contributed by atoms with Crippen LogP contribution in [0.5, 0.6) is 0 Å². The first-order chi connectivity index (χ1) is 8.34. The first-order valence-corrected chi connectivity index (χ1v) is 5.95. The topological polar surface area (TPSA) is 51.0 Å². The Balaban J connectivity index is 1.92. The van der Waals surface area contributed by atoms with Crippen LogP contribution < -0.4 is 5.32 Å². The number of benzene rings is 1. The first-order valence-electron chi connectivity index (χ1n) is 5.95. The highest BCUT2D eigenvalue weighted by Crippen LogP contribution is 2.25. The van der Waals surface area contributed by atoms with Gasteiger partial charge in [-0.15, -0.1) is 0 Å². The van der Waals surface area contributed by atoms with Crippen LogP contribution in [0.15, 0.2) is 28.8 Å². The van der Waals surface area contributed by atoms with Crippen molar-refractivity contribution in [3.05, 3.63) is 35.7 Å². The second-order valence-corrected chi connectivity index (χ2v) is 4.46. The van der Waals surface area contributed by atoms with Gasteiger partial charge in [0.25, 0.3) is 0 Å². The number of aromatic nitrogens is 2. The number of nitrogens with one attached hydrogen (secondary N) is 1. The van der Waals surface area contributed by atoms with E-state index in [-0.39, 0.29) is 0 Å². The van der Waals surface area contributed by atoms with E-state index in [0.717, 1.165) is 31.0 Å². The Morgan fingerprint density at radius 2 is 2.24 bits per heavy atom. The maximum atomic E-state index is 5.36. The van der Waals surface area contributed by atoms with Crippen molar-refractivity contribution in [1.82, 2.24) is 15.5 Å². The molecule has 88 valence electrons. The molecule has 1 N–H and O–H groups in total. The van der Waals surface area contributed by atoms with Gasteiger partial charge < -0.3 is 9.84 Å². The van der Waals surface area contributed by atoms with Crippen LogP contribution in [0.25, 0.3) is 11.4 Å². The molecule has 1 aliphatic heterocycles. The van der Waals surface area contributed by atoms with E-state index in [4.69, 9.17) is 4.52 Å². The van der Waals surface area contributed by atoms with Crippen LogP contribution in [0.3, 0.4) is 0 Å². The molecule has 1 fully saturated rings. The number of hydrogen-bond donors (Lipinski definition) is 1. The fourth-order valence-electron chi connectivity index (χ4n) is 2.20. The zero-order valence-corrected chi connectivity index (χ0v) is 9.81. The quantitative estimate of drug-likeness (QED) is 0.857. The number of aryl methyl sites for hydroxylation is 1. The summed E-state index contributed by atoms with van der Waals surface area (Å²) in [6.07, 6.45) is 1.08. The Bertz CT molecular complexity index is 515. The van der Waals surface area contributed by atoms with Crippen molar-refractivity contribution in [2.75, 3.05) is 13.1 Å². The van der Waals surface area contributed by atoms with E-state index in [1.165, 1.54) is 5.56 Å². The highest BCUT2D eigenvalue weighted by molar-refractivity contribution is 5.58. The summed E-state index contributed by atoms with van der Waals surface area (Å²) in [5.74, 6) is 1.83. The molecule has 1 aromatic heterocycles. The average molecular weight is 229 g/mol. The lowest BCUT2D eigenvalue weighted by Crippen LogP contribution is -2.08. The molecule has 17 heavy (non-hydrogen) atoms. The summed E-state index contributed by atoms with van der Waals surface area (Å²) in [5.41, 5.74) is 2.22. The fourth-order valence-corrected chi connectivity index (χ4v) is 2.20. The van der Waals surface area contributed by atoms with Crippen molar-refractivity contribution < 1.29 is 4.52 Å². The van der Waals surface area contributed by atoms with Crippen molar-refractivity contribution in [2.24, 2.45) is 0 Å². The van der Waals surface area contributed by atoms with Crippen LogP contribution in [0.4, 0.5) is 0 Å². The summed E-state index contributed by atoms with van der Waals surface area (Å²) in [6.45, 7) is 4.03. The minimum Gasteiger partial charge on any atom is -0.339 e. The third-order valence-corrected chi connectivity index (χ3v) is 3.24. The van der Waals surface area contributed by atoms with E-state index in [1.807, 2.05) is 18.2 Å². The zero-order valence-electron chi connectivity index (χ0n) is 9.81. The van der Waals surface area contributed by atoms with Gasteiger partial charge in [-0.1, -0.05) is 29.4 Å². The molecule has 1 atom stereocenters. The van der Waals surface area contributed by atoms with E-state index in [0.29, 0.717) is 11.7 Å². The summed E-state index contributed by atoms with van der Waals surface area (Å²) in [5, 5.41) is 7.38. The van der Waals surface area contributed by atoms with Gasteiger partial charge in [-0.25, -0.2) is 0 Å². The van der Waals surface area contributed by atoms with E-state index in [2.05, 4.69) is 28.4 Å². The second-order valence-electron chi connectivity index (χ2n) is 4.46. The summed E-state index contributed by atoms with van der Waals surface area (Å²) in [7, 11) is 0. The zero-order chi connectivity index (χ0) is 11.7. The molecule has 3 rings (SSSR count). The lowest BCUT2D eigenvalue weighted by Gasteiger charge is -2.00. The molecule has 4 nitrogen and oxygen atoms in total. The molecule has 0 unspecified atom stereocenters. The summed E-state index contributed by atoms with van der Waals surface area (Å²) in [4.78, 5) is 4.51. The molecule has 1 aliphatic rings. The van der Waals surface area contributed by atoms with Crippen LogP contribution in [0, 0.1) is 6.92 Å². The van der Waals surface area contributed by atoms with Crippen molar-refractivity contribution in [1.29, 1.82) is 0 Å². The van der Waals surface area contributed by atoms with E-state index < -0.39 is 0 Å². The highest BCUT2D eigenvalue weighted by Gasteiger charge is 2.23. The molecule has 0 radical (unpaired) electrons. The van der Waals surface area contributed by atoms with E-state index in [9.17, 15) is 0 Å². The van der Waals surface area contributed by atoms with E-state index >= 15 is 0 Å². The smallest absolute Gasteiger partial charge is 0.231 e. The molecule has 2 aromatic rings. The first kappa shape index (κ1) is 10.5. The van der Waals surface area contributed by atoms with Crippen molar-refractivity contribution in [3.8, 4) is 11.4 Å². The summed E-state index contributed by atoms with van der Waals surface area (Å²) in [6, 6.07) is 8.09. The van der Waals surface area contributed by atoms with Gasteiger partial charge in [-0.05, 0) is 25.5 Å². The molecule has 1 aromatic carbocycles. The number of nitrogens with zero attached hydrogens (tertiary/aromatic N) is 2. The molecule has 1 saturated heterocycles. The minimum absolute atomic E-state index is 0.375. The average Bonchev–Trinajstić information content (AvgIpc) is 3.00. The van der Waals surface area contributed by atoms with Gasteiger partial charge in [-0.3, -0.25) is 0 Å². The predicted molar refractivity (Wildman–Crippen MR) is 64.7 cm³/mol. The Labute approximate surface area is 100 Å². The molecule has 2 heterocycles. The Morgan fingerprint density at radius 3 is 3.00 bits per heavy atom. The Morgan fingerprint density at radius 1 is 1.35 bits per heavy atom. The molecular formula is C13H15N3O. The van der Waals surface area contributed by atoms with Gasteiger partial charge >= 0.3 is 0 Å². The largest absolute Gasteiger partial charge is 0.339 e. The maximum absolute atomic E-state index is 5.36. The van der Waals surface area contributed by atoms with E-state index in [1.54, 1.807) is 0 Å². The van der Waals surface area contributed by atoms with Gasteiger partial charge in [0.05, 0.1) is 5.92 Å². The molecular weight excluding hydrogens is 214 g/mol. The Kier molecular flexibility index (Phi) is 2.65. The third kappa shape index (κ3) is 1.96. The van der Waals surface area contributed by atoms with Gasteiger partial charge in [0, 0.05) is 12.1 Å². The van der Waals surface area contributed by atoms with Gasteiger partial charge in [-0.2, -0.15) is 4.98 Å². The van der Waals surface area contributed by atoms with Gasteiger partial charge in [0.1, 0.15) is 0 Å². The van der Waals surface area contributed by atoms with Crippen LogP contribution in [-0.4, -0.2) is 23.2 Å². The number of hydrogen-bond acceptors (Lipinski definition) is 4. The van der Waals surface area contributed by atoms with Crippen molar-refractivity contribution >= 4 is 0 Å². The Hall–Kier alpha value is -1.68. The third-order valence-electron chi connectivity index (χ3n) is 3.24. The van der Waals surface area contributed by atoms with Gasteiger partial charge in [0.15, 0.2) is 0 Å². The molecule has 4 heteroatoms. The number of rotatable bonds is 2. The fraction of sp³-hybridized carbons (Fsp3) is 0.385. The van der Waals surface area contributed by atoms with Crippen LogP contribution in [0.1, 0.15) is 23.8 Å². The van der Waals surface area contributed by atoms with Crippen LogP contribution >= 0.6 is 0 Å². The molecule has 0 amide bonds. The normalized spacial score (nSPS) is 19.7. The monoisotopic (exact) mass is 229 g/mol. The molecule has 0 saturated carbocycles. The molecule has 0 spiro atoms. The SMILES string of the molecule is Cc1ccccc1-c1noc([C@H]2CCNC2)n1. The van der Waals surface area contributed by atoms with Crippen LogP contribution in [0.2, 0.25) is 0 Å².